The summed E-state index contributed by atoms with van der Waals surface area (Å²) < 4.78 is 6.33. The fourth-order valence-electron chi connectivity index (χ4n) is 5.36. The smallest absolute Gasteiger partial charge is 0.262 e. The molecule has 0 atom stereocenters. The summed E-state index contributed by atoms with van der Waals surface area (Å²) in [5, 5.41) is 9.72. The fraction of sp³-hybridized carbons (Fsp3) is 0.343. The number of carbonyl (C=O) groups excluding carboxylic acids is 1. The number of hydrogen-bond donors (Lipinski definition) is 3. The first-order valence-electron chi connectivity index (χ1n) is 15.5. The second-order valence-electron chi connectivity index (χ2n) is 11.1. The zero-order valence-electron chi connectivity index (χ0n) is 26.2. The van der Waals surface area contributed by atoms with E-state index in [9.17, 15) is 4.79 Å². The van der Waals surface area contributed by atoms with Gasteiger partial charge in [-0.15, -0.1) is 0 Å². The number of hydrogen-bond acceptors (Lipinski definition) is 8. The second kappa shape index (κ2) is 14.8. The van der Waals surface area contributed by atoms with Gasteiger partial charge in [0, 0.05) is 56.0 Å². The molecule has 0 radical (unpaired) electrons. The second-order valence-corrected chi connectivity index (χ2v) is 11.1. The molecule has 4 aromatic rings. The minimum Gasteiger partial charge on any atom is -0.438 e. The van der Waals surface area contributed by atoms with Crippen molar-refractivity contribution in [3.63, 3.8) is 0 Å². The Balaban J connectivity index is 1.39. The molecule has 1 aliphatic heterocycles. The van der Waals surface area contributed by atoms with Crippen LogP contribution in [-0.4, -0.2) is 66.6 Å². The van der Waals surface area contributed by atoms with Crippen LogP contribution in [0.25, 0.3) is 0 Å². The highest BCUT2D eigenvalue weighted by Crippen LogP contribution is 2.29. The summed E-state index contributed by atoms with van der Waals surface area (Å²) in [5.41, 5.74) is 6.17. The number of nitrogens with one attached hydrogen (secondary N) is 3. The predicted octanol–water partition coefficient (Wildman–Crippen LogP) is 6.18. The normalized spacial score (nSPS) is 13.2. The Morgan fingerprint density at radius 1 is 0.977 bits per heavy atom. The maximum absolute atomic E-state index is 13.6. The fourth-order valence-corrected chi connectivity index (χ4v) is 5.36. The molecule has 1 amide bonds. The van der Waals surface area contributed by atoms with Gasteiger partial charge in [0.05, 0.1) is 0 Å². The number of rotatable bonds is 12. The number of amides is 1. The van der Waals surface area contributed by atoms with Crippen molar-refractivity contribution in [1.29, 1.82) is 0 Å². The number of aryl methyl sites for hydroxylation is 2. The Morgan fingerprint density at radius 3 is 2.39 bits per heavy atom. The maximum Gasteiger partial charge on any atom is 0.262 e. The van der Waals surface area contributed by atoms with Crippen LogP contribution < -0.4 is 25.6 Å². The van der Waals surface area contributed by atoms with Gasteiger partial charge in [-0.2, -0.15) is 4.98 Å². The lowest BCUT2D eigenvalue weighted by Gasteiger charge is -2.29. The Hall–Kier alpha value is -4.47. The number of aromatic nitrogens is 2. The van der Waals surface area contributed by atoms with E-state index in [1.807, 2.05) is 62.4 Å². The van der Waals surface area contributed by atoms with E-state index in [-0.39, 0.29) is 17.4 Å². The Bertz CT molecular complexity index is 1530. The molecule has 2 heterocycles. The average molecular weight is 594 g/mol. The highest BCUT2D eigenvalue weighted by atomic mass is 16.5. The van der Waals surface area contributed by atoms with Gasteiger partial charge in [-0.05, 0) is 86.4 Å². The monoisotopic (exact) mass is 593 g/mol. The van der Waals surface area contributed by atoms with Crippen LogP contribution in [0.3, 0.4) is 0 Å². The predicted molar refractivity (Wildman–Crippen MR) is 179 cm³/mol. The maximum atomic E-state index is 13.6. The van der Waals surface area contributed by atoms with Gasteiger partial charge in [-0.1, -0.05) is 44.2 Å². The average Bonchev–Trinajstić information content (AvgIpc) is 3.04. The first-order valence-corrected chi connectivity index (χ1v) is 15.5. The van der Waals surface area contributed by atoms with Gasteiger partial charge in [0.25, 0.3) is 5.91 Å². The van der Waals surface area contributed by atoms with E-state index in [1.165, 1.54) is 11.9 Å². The van der Waals surface area contributed by atoms with Crippen LogP contribution in [0.5, 0.6) is 11.6 Å². The van der Waals surface area contributed by atoms with Crippen molar-refractivity contribution in [1.82, 2.24) is 20.2 Å². The molecule has 3 aromatic carbocycles. The van der Waals surface area contributed by atoms with Crippen LogP contribution in [0.1, 0.15) is 40.9 Å². The zero-order chi connectivity index (χ0) is 30.9. The molecular formula is C35H43N7O2. The third kappa shape index (κ3) is 7.92. The van der Waals surface area contributed by atoms with Gasteiger partial charge in [0.2, 0.25) is 11.8 Å². The number of nitrogens with zero attached hydrogens (tertiary/aromatic N) is 4. The first-order chi connectivity index (χ1) is 21.4. The summed E-state index contributed by atoms with van der Waals surface area (Å²) >= 11 is 0. The number of ether oxygens (including phenoxy) is 1. The standard InChI is InChI=1S/C35H43N7O2/c1-5-41(6-2)20-17-27-11-8-12-30(23-27)44-34-31(33(43)39-32-25(3)9-7-10-26(32)4)24-37-35(40-34)38-28-13-15-29(16-14-28)42-21-18-36-19-22-42/h7-16,23-24,36H,5-6,17-22H2,1-4H3,(H,39,43)(H,37,38,40). The van der Waals surface area contributed by atoms with Crippen LogP contribution in [0.15, 0.2) is 72.9 Å². The summed E-state index contributed by atoms with van der Waals surface area (Å²) in [4.78, 5) is 27.5. The van der Waals surface area contributed by atoms with Crippen LogP contribution >= 0.6 is 0 Å². The van der Waals surface area contributed by atoms with E-state index >= 15 is 0 Å². The number of anilines is 4. The van der Waals surface area contributed by atoms with Gasteiger partial charge < -0.3 is 30.5 Å². The van der Waals surface area contributed by atoms with E-state index in [0.29, 0.717) is 11.7 Å². The van der Waals surface area contributed by atoms with E-state index in [0.717, 1.165) is 80.3 Å². The van der Waals surface area contributed by atoms with Crippen LogP contribution in [0.2, 0.25) is 0 Å². The number of piperazine rings is 1. The summed E-state index contributed by atoms with van der Waals surface area (Å²) in [6, 6.07) is 22.1. The zero-order valence-corrected chi connectivity index (χ0v) is 26.2. The van der Waals surface area contributed by atoms with Gasteiger partial charge in [0.1, 0.15) is 11.3 Å². The highest BCUT2D eigenvalue weighted by Gasteiger charge is 2.19. The summed E-state index contributed by atoms with van der Waals surface area (Å²) in [6.07, 6.45) is 2.42. The number of carbonyl (C=O) groups is 1. The molecule has 230 valence electrons. The van der Waals surface area contributed by atoms with Gasteiger partial charge in [0.15, 0.2) is 0 Å². The molecule has 0 unspecified atom stereocenters. The topological polar surface area (TPSA) is 94.7 Å². The van der Waals surface area contributed by atoms with Crippen molar-refractivity contribution in [2.75, 3.05) is 61.3 Å². The summed E-state index contributed by atoms with van der Waals surface area (Å²) in [5.74, 6) is 0.816. The molecule has 1 aliphatic rings. The number of para-hydroxylation sites is 1. The van der Waals surface area contributed by atoms with Gasteiger partial charge in [-0.25, -0.2) is 4.98 Å². The van der Waals surface area contributed by atoms with Gasteiger partial charge >= 0.3 is 0 Å². The molecule has 1 fully saturated rings. The molecular weight excluding hydrogens is 550 g/mol. The van der Waals surface area contributed by atoms with Crippen LogP contribution in [0, 0.1) is 13.8 Å². The largest absolute Gasteiger partial charge is 0.438 e. The summed E-state index contributed by atoms with van der Waals surface area (Å²) in [6.45, 7) is 15.2. The lowest BCUT2D eigenvalue weighted by molar-refractivity contribution is 0.102. The van der Waals surface area contributed by atoms with Crippen molar-refractivity contribution in [3.8, 4) is 11.6 Å². The van der Waals surface area contributed by atoms with E-state index < -0.39 is 0 Å². The molecule has 3 N–H and O–H groups in total. The van der Waals surface area contributed by atoms with E-state index in [1.54, 1.807) is 0 Å². The van der Waals surface area contributed by atoms with Crippen molar-refractivity contribution in [2.24, 2.45) is 0 Å². The molecule has 9 heteroatoms. The molecule has 0 spiro atoms. The Morgan fingerprint density at radius 2 is 1.68 bits per heavy atom. The molecule has 9 nitrogen and oxygen atoms in total. The molecule has 0 bridgehead atoms. The highest BCUT2D eigenvalue weighted by molar-refractivity contribution is 6.06. The van der Waals surface area contributed by atoms with Crippen molar-refractivity contribution in [3.05, 3.63) is 95.2 Å². The number of likely N-dealkylation sites (N-methyl/N-ethyl adjacent to an activating group) is 1. The SMILES string of the molecule is CCN(CC)CCc1cccc(Oc2nc(Nc3ccc(N4CCNCC4)cc3)ncc2C(=O)Nc2c(C)cccc2C)c1. The minimum absolute atomic E-state index is 0.185. The molecule has 0 saturated carbocycles. The van der Waals surface area contributed by atoms with Crippen LogP contribution in [-0.2, 0) is 6.42 Å². The van der Waals surface area contributed by atoms with Crippen molar-refractivity contribution >= 4 is 28.9 Å². The van der Waals surface area contributed by atoms with Crippen LogP contribution in [0.4, 0.5) is 23.0 Å². The third-order valence-corrected chi connectivity index (χ3v) is 8.05. The Kier molecular flexibility index (Phi) is 10.4. The van der Waals surface area contributed by atoms with E-state index in [4.69, 9.17) is 4.74 Å². The summed E-state index contributed by atoms with van der Waals surface area (Å²) in [7, 11) is 0. The molecule has 5 rings (SSSR count). The molecule has 44 heavy (non-hydrogen) atoms. The van der Waals surface area contributed by atoms with Crippen molar-refractivity contribution in [2.45, 2.75) is 34.1 Å². The molecule has 0 aliphatic carbocycles. The number of benzene rings is 3. The first kappa shape index (κ1) is 31.0. The minimum atomic E-state index is -0.331. The molecule has 1 saturated heterocycles. The molecule has 1 aromatic heterocycles. The lowest BCUT2D eigenvalue weighted by Crippen LogP contribution is -2.43. The third-order valence-electron chi connectivity index (χ3n) is 8.05. The quantitative estimate of drug-likeness (QED) is 0.179. The lowest BCUT2D eigenvalue weighted by atomic mass is 10.1. The Labute approximate surface area is 260 Å². The van der Waals surface area contributed by atoms with Crippen molar-refractivity contribution < 1.29 is 9.53 Å². The van der Waals surface area contributed by atoms with Gasteiger partial charge in [-0.3, -0.25) is 4.79 Å². The van der Waals surface area contributed by atoms with E-state index in [2.05, 4.69) is 67.8 Å².